The third-order valence-corrected chi connectivity index (χ3v) is 5.64. The van der Waals surface area contributed by atoms with Gasteiger partial charge in [0.05, 0.1) is 16.1 Å². The van der Waals surface area contributed by atoms with E-state index in [2.05, 4.69) is 33.7 Å². The van der Waals surface area contributed by atoms with Crippen molar-refractivity contribution in [2.45, 2.75) is 12.8 Å². The predicted octanol–water partition coefficient (Wildman–Crippen LogP) is 4.93. The van der Waals surface area contributed by atoms with Gasteiger partial charge in [0.25, 0.3) is 0 Å². The summed E-state index contributed by atoms with van der Waals surface area (Å²) in [5.41, 5.74) is 1.61. The van der Waals surface area contributed by atoms with Crippen LogP contribution in [0.5, 0.6) is 0 Å². The highest BCUT2D eigenvalue weighted by Gasteiger charge is 2.30. The van der Waals surface area contributed by atoms with Gasteiger partial charge < -0.3 is 5.32 Å². The molecule has 6 heteroatoms. The molecule has 0 spiro atoms. The molecule has 124 valence electrons. The van der Waals surface area contributed by atoms with Crippen molar-refractivity contribution in [2.24, 2.45) is 5.92 Å². The second kappa shape index (κ2) is 5.39. The van der Waals surface area contributed by atoms with Crippen LogP contribution in [0.2, 0.25) is 0 Å². The first-order valence-corrected chi connectivity index (χ1v) is 8.98. The van der Waals surface area contributed by atoms with Crippen LogP contribution in [0.3, 0.4) is 0 Å². The van der Waals surface area contributed by atoms with E-state index in [0.29, 0.717) is 5.52 Å². The minimum atomic E-state index is -0.451. The monoisotopic (exact) mass is 351 g/mol. The standard InChI is InChI=1S/C19H14FN3OS/c20-13-9-14-12(8-15(13)21-19(24)10-5-6-10)18(23-22-14)17-7-11-3-1-2-4-16(11)25-17/h1-4,7-10H,5-6H2,(H,21,24)(H,22,23). The van der Waals surface area contributed by atoms with Crippen LogP contribution in [0, 0.1) is 11.7 Å². The van der Waals surface area contributed by atoms with E-state index in [4.69, 9.17) is 0 Å². The Kier molecular flexibility index (Phi) is 3.15. The molecule has 0 bridgehead atoms. The number of H-pyrrole nitrogens is 1. The zero-order chi connectivity index (χ0) is 17.0. The van der Waals surface area contributed by atoms with Crippen molar-refractivity contribution in [3.05, 3.63) is 48.3 Å². The van der Waals surface area contributed by atoms with E-state index in [9.17, 15) is 9.18 Å². The molecule has 5 rings (SSSR count). The summed E-state index contributed by atoms with van der Waals surface area (Å²) in [5, 5.41) is 11.9. The Bertz CT molecular complexity index is 1090. The van der Waals surface area contributed by atoms with E-state index in [1.54, 1.807) is 17.4 Å². The SMILES string of the molecule is O=C(Nc1cc2c(-c3cc4ccccc4s3)n[nH]c2cc1F)C1CC1. The number of anilines is 1. The maximum Gasteiger partial charge on any atom is 0.227 e. The van der Waals surface area contributed by atoms with Crippen molar-refractivity contribution < 1.29 is 9.18 Å². The highest BCUT2D eigenvalue weighted by molar-refractivity contribution is 7.22. The van der Waals surface area contributed by atoms with Gasteiger partial charge in [-0.05, 0) is 36.4 Å². The van der Waals surface area contributed by atoms with Crippen LogP contribution < -0.4 is 5.32 Å². The lowest BCUT2D eigenvalue weighted by Gasteiger charge is -2.06. The number of amides is 1. The van der Waals surface area contributed by atoms with Crippen LogP contribution >= 0.6 is 11.3 Å². The quantitative estimate of drug-likeness (QED) is 0.550. The van der Waals surface area contributed by atoms with Gasteiger partial charge in [0.15, 0.2) is 0 Å². The number of nitrogens with zero attached hydrogens (tertiary/aromatic N) is 1. The average Bonchev–Trinajstić information content (AvgIpc) is 3.25. The lowest BCUT2D eigenvalue weighted by Crippen LogP contribution is -2.14. The summed E-state index contributed by atoms with van der Waals surface area (Å²) in [4.78, 5) is 13.0. The Morgan fingerprint density at radius 2 is 2.08 bits per heavy atom. The van der Waals surface area contributed by atoms with Crippen molar-refractivity contribution in [1.82, 2.24) is 10.2 Å². The van der Waals surface area contributed by atoms with Gasteiger partial charge in [0.1, 0.15) is 11.5 Å². The molecular weight excluding hydrogens is 337 g/mol. The first-order chi connectivity index (χ1) is 12.2. The average molecular weight is 351 g/mol. The van der Waals surface area contributed by atoms with Crippen LogP contribution in [0.25, 0.3) is 31.6 Å². The molecular formula is C19H14FN3OS. The lowest BCUT2D eigenvalue weighted by atomic mass is 10.1. The van der Waals surface area contributed by atoms with Crippen molar-refractivity contribution in [3.8, 4) is 10.6 Å². The van der Waals surface area contributed by atoms with Crippen LogP contribution in [-0.4, -0.2) is 16.1 Å². The normalized spacial score (nSPS) is 14.3. The summed E-state index contributed by atoms with van der Waals surface area (Å²) >= 11 is 1.65. The fourth-order valence-corrected chi connectivity index (χ4v) is 4.07. The van der Waals surface area contributed by atoms with Gasteiger partial charge in [0, 0.05) is 22.1 Å². The minimum absolute atomic E-state index is 0.0292. The van der Waals surface area contributed by atoms with Gasteiger partial charge >= 0.3 is 0 Å². The van der Waals surface area contributed by atoms with Gasteiger partial charge in [-0.25, -0.2) is 4.39 Å². The van der Waals surface area contributed by atoms with Gasteiger partial charge in [-0.2, -0.15) is 5.10 Å². The topological polar surface area (TPSA) is 57.8 Å². The largest absolute Gasteiger partial charge is 0.323 e. The number of hydrogen-bond acceptors (Lipinski definition) is 3. The van der Waals surface area contributed by atoms with Gasteiger partial charge in [-0.1, -0.05) is 18.2 Å². The molecule has 25 heavy (non-hydrogen) atoms. The summed E-state index contributed by atoms with van der Waals surface area (Å²) in [5.74, 6) is -0.528. The molecule has 0 radical (unpaired) electrons. The highest BCUT2D eigenvalue weighted by Crippen LogP contribution is 2.37. The first kappa shape index (κ1) is 14.6. The molecule has 0 unspecified atom stereocenters. The smallest absolute Gasteiger partial charge is 0.227 e. The van der Waals surface area contributed by atoms with Crippen LogP contribution in [0.4, 0.5) is 10.1 Å². The molecule has 0 saturated heterocycles. The molecule has 4 aromatic rings. The maximum atomic E-state index is 14.3. The van der Waals surface area contributed by atoms with Gasteiger partial charge in [0.2, 0.25) is 5.91 Å². The number of carbonyl (C=O) groups is 1. The Hall–Kier alpha value is -2.73. The second-order valence-corrected chi connectivity index (χ2v) is 7.45. The van der Waals surface area contributed by atoms with Crippen molar-refractivity contribution in [1.29, 1.82) is 0 Å². The number of carbonyl (C=O) groups excluding carboxylic acids is 1. The summed E-state index contributed by atoms with van der Waals surface area (Å²) in [7, 11) is 0. The second-order valence-electron chi connectivity index (χ2n) is 6.36. The molecule has 2 heterocycles. The zero-order valence-electron chi connectivity index (χ0n) is 13.2. The summed E-state index contributed by atoms with van der Waals surface area (Å²) in [6, 6.07) is 13.3. The molecule has 0 aliphatic heterocycles. The third-order valence-electron chi connectivity index (χ3n) is 4.52. The van der Waals surface area contributed by atoms with Gasteiger partial charge in [-0.15, -0.1) is 11.3 Å². The van der Waals surface area contributed by atoms with E-state index in [1.165, 1.54) is 10.8 Å². The number of nitrogens with one attached hydrogen (secondary N) is 2. The molecule has 4 nitrogen and oxygen atoms in total. The Morgan fingerprint density at radius 3 is 2.88 bits per heavy atom. The summed E-state index contributed by atoms with van der Waals surface area (Å²) in [6.45, 7) is 0. The first-order valence-electron chi connectivity index (χ1n) is 8.16. The summed E-state index contributed by atoms with van der Waals surface area (Å²) in [6.07, 6.45) is 1.77. The van der Waals surface area contributed by atoms with Crippen molar-refractivity contribution >= 4 is 43.9 Å². The van der Waals surface area contributed by atoms with E-state index in [0.717, 1.165) is 34.2 Å². The summed E-state index contributed by atoms with van der Waals surface area (Å²) < 4.78 is 15.5. The minimum Gasteiger partial charge on any atom is -0.323 e. The number of aromatic amines is 1. The molecule has 2 aromatic carbocycles. The van der Waals surface area contributed by atoms with E-state index in [1.807, 2.05) is 12.1 Å². The van der Waals surface area contributed by atoms with Crippen LogP contribution in [0.1, 0.15) is 12.8 Å². The zero-order valence-corrected chi connectivity index (χ0v) is 14.0. The van der Waals surface area contributed by atoms with Crippen molar-refractivity contribution in [2.75, 3.05) is 5.32 Å². The molecule has 2 aromatic heterocycles. The van der Waals surface area contributed by atoms with Gasteiger partial charge in [-0.3, -0.25) is 9.89 Å². The lowest BCUT2D eigenvalue weighted by molar-refractivity contribution is -0.117. The number of rotatable bonds is 3. The number of fused-ring (bicyclic) bond motifs is 2. The number of halogens is 1. The predicted molar refractivity (Wildman–Crippen MR) is 98.2 cm³/mol. The Morgan fingerprint density at radius 1 is 1.24 bits per heavy atom. The highest BCUT2D eigenvalue weighted by atomic mass is 32.1. The maximum absolute atomic E-state index is 14.3. The molecule has 1 aliphatic carbocycles. The number of aromatic nitrogens is 2. The third kappa shape index (κ3) is 2.49. The molecule has 1 aliphatic rings. The van der Waals surface area contributed by atoms with Crippen LogP contribution in [0.15, 0.2) is 42.5 Å². The Balaban J connectivity index is 1.61. The Labute approximate surface area is 146 Å². The fourth-order valence-electron chi connectivity index (χ4n) is 3.00. The number of thiophene rings is 1. The molecule has 2 N–H and O–H groups in total. The number of benzene rings is 2. The molecule has 1 amide bonds. The molecule has 1 fully saturated rings. The molecule has 0 atom stereocenters. The van der Waals surface area contributed by atoms with Crippen LogP contribution in [-0.2, 0) is 4.79 Å². The number of hydrogen-bond donors (Lipinski definition) is 2. The van der Waals surface area contributed by atoms with E-state index < -0.39 is 5.82 Å². The van der Waals surface area contributed by atoms with Crippen molar-refractivity contribution in [3.63, 3.8) is 0 Å². The van der Waals surface area contributed by atoms with E-state index in [-0.39, 0.29) is 17.5 Å². The van der Waals surface area contributed by atoms with E-state index >= 15 is 0 Å². The fraction of sp³-hybridized carbons (Fsp3) is 0.158. The molecule has 1 saturated carbocycles.